The van der Waals surface area contributed by atoms with Gasteiger partial charge in [-0.2, -0.15) is 0 Å². The van der Waals surface area contributed by atoms with Crippen LogP contribution in [0.15, 0.2) is 0 Å². The molecule has 0 amide bonds. The molecule has 2 unspecified atom stereocenters. The highest BCUT2D eigenvalue weighted by Gasteiger charge is 2.37. The number of hydrogen-bond donors (Lipinski definition) is 1. The van der Waals surface area contributed by atoms with E-state index in [4.69, 9.17) is 5.11 Å². The molecule has 0 radical (unpaired) electrons. The van der Waals surface area contributed by atoms with Crippen molar-refractivity contribution in [3.8, 4) is 0 Å². The van der Waals surface area contributed by atoms with Gasteiger partial charge in [-0.1, -0.05) is 51.4 Å². The maximum atomic E-state index is 10.5. The molecular weight excluding hydrogens is 200 g/mol. The van der Waals surface area contributed by atoms with Crippen molar-refractivity contribution < 1.29 is 9.90 Å². The molecule has 2 nitrogen and oxygen atoms in total. The number of carbonyl (C=O) groups is 1. The molecule has 0 spiro atoms. The summed E-state index contributed by atoms with van der Waals surface area (Å²) in [5.41, 5.74) is 0. The molecule has 0 heterocycles. The maximum Gasteiger partial charge on any atom is 0.303 e. The summed E-state index contributed by atoms with van der Waals surface area (Å²) in [6, 6.07) is 0. The standard InChI is InChI=1S/C14H24O2/c15-14(16)10-13-9-12(13)8-4-7-11-5-2-1-3-6-11/h11-13H,1-10H2,(H,15,16). The first kappa shape index (κ1) is 11.9. The molecule has 16 heavy (non-hydrogen) atoms. The molecule has 2 fully saturated rings. The molecule has 1 N–H and O–H groups in total. The first-order chi connectivity index (χ1) is 7.75. The van der Waals surface area contributed by atoms with Crippen LogP contribution in [-0.2, 0) is 4.79 Å². The topological polar surface area (TPSA) is 37.3 Å². The Morgan fingerprint density at radius 3 is 2.50 bits per heavy atom. The molecular formula is C14H24O2. The van der Waals surface area contributed by atoms with Crippen molar-refractivity contribution in [1.29, 1.82) is 0 Å². The highest BCUT2D eigenvalue weighted by Crippen LogP contribution is 2.45. The van der Waals surface area contributed by atoms with E-state index in [0.717, 1.165) is 11.8 Å². The highest BCUT2D eigenvalue weighted by molar-refractivity contribution is 5.67. The molecule has 2 heteroatoms. The summed E-state index contributed by atoms with van der Waals surface area (Å²) in [5.74, 6) is 1.65. The van der Waals surface area contributed by atoms with Gasteiger partial charge in [-0.3, -0.25) is 4.79 Å². The predicted octanol–water partition coefficient (Wildman–Crippen LogP) is 3.85. The van der Waals surface area contributed by atoms with Crippen LogP contribution in [0.2, 0.25) is 0 Å². The monoisotopic (exact) mass is 224 g/mol. The summed E-state index contributed by atoms with van der Waals surface area (Å²) in [6.07, 6.45) is 12.8. The van der Waals surface area contributed by atoms with E-state index in [9.17, 15) is 4.79 Å². The molecule has 0 aromatic rings. The van der Waals surface area contributed by atoms with Crippen LogP contribution in [-0.4, -0.2) is 11.1 Å². The average molecular weight is 224 g/mol. The van der Waals surface area contributed by atoms with Crippen LogP contribution in [0.3, 0.4) is 0 Å². The first-order valence-electron chi connectivity index (χ1n) is 6.97. The predicted molar refractivity (Wildman–Crippen MR) is 64.3 cm³/mol. The molecule has 0 aromatic heterocycles. The third-order valence-electron chi connectivity index (χ3n) is 4.42. The minimum atomic E-state index is -0.611. The Balaban J connectivity index is 1.51. The van der Waals surface area contributed by atoms with E-state index in [0.29, 0.717) is 12.3 Å². The Bertz CT molecular complexity index is 231. The summed E-state index contributed by atoms with van der Waals surface area (Å²) in [4.78, 5) is 10.5. The Morgan fingerprint density at radius 1 is 1.06 bits per heavy atom. The number of aliphatic carboxylic acids is 1. The molecule has 2 aliphatic carbocycles. The van der Waals surface area contributed by atoms with Gasteiger partial charge >= 0.3 is 5.97 Å². The van der Waals surface area contributed by atoms with Crippen LogP contribution in [0, 0.1) is 17.8 Å². The Kier molecular flexibility index (Phi) is 4.25. The summed E-state index contributed by atoms with van der Waals surface area (Å²) >= 11 is 0. The lowest BCUT2D eigenvalue weighted by atomic mass is 9.85. The van der Waals surface area contributed by atoms with E-state index in [-0.39, 0.29) is 0 Å². The van der Waals surface area contributed by atoms with Gasteiger partial charge in [0, 0.05) is 6.42 Å². The van der Waals surface area contributed by atoms with Crippen LogP contribution in [0.25, 0.3) is 0 Å². The minimum absolute atomic E-state index is 0.411. The van der Waals surface area contributed by atoms with Gasteiger partial charge in [-0.25, -0.2) is 0 Å². The zero-order chi connectivity index (χ0) is 11.4. The average Bonchev–Trinajstić information content (AvgIpc) is 2.97. The second kappa shape index (κ2) is 5.70. The number of hydrogen-bond acceptors (Lipinski definition) is 1. The van der Waals surface area contributed by atoms with Crippen molar-refractivity contribution in [2.24, 2.45) is 17.8 Å². The number of carboxylic acids is 1. The van der Waals surface area contributed by atoms with Crippen LogP contribution >= 0.6 is 0 Å². The lowest BCUT2D eigenvalue weighted by molar-refractivity contribution is -0.137. The SMILES string of the molecule is O=C(O)CC1CC1CCCC1CCCCC1. The highest BCUT2D eigenvalue weighted by atomic mass is 16.4. The molecule has 0 bridgehead atoms. The number of rotatable bonds is 6. The fraction of sp³-hybridized carbons (Fsp3) is 0.929. The Morgan fingerprint density at radius 2 is 1.81 bits per heavy atom. The molecule has 2 saturated carbocycles. The van der Waals surface area contributed by atoms with E-state index >= 15 is 0 Å². The first-order valence-corrected chi connectivity index (χ1v) is 6.97. The normalized spacial score (nSPS) is 30.2. The van der Waals surface area contributed by atoms with Crippen LogP contribution in [0.4, 0.5) is 0 Å². The zero-order valence-electron chi connectivity index (χ0n) is 10.2. The summed E-state index contributed by atoms with van der Waals surface area (Å²) in [5, 5.41) is 8.67. The fourth-order valence-electron chi connectivity index (χ4n) is 3.28. The van der Waals surface area contributed by atoms with Crippen molar-refractivity contribution in [2.45, 2.75) is 64.2 Å². The van der Waals surface area contributed by atoms with E-state index in [1.807, 2.05) is 0 Å². The molecule has 2 rings (SSSR count). The molecule has 2 atom stereocenters. The third-order valence-corrected chi connectivity index (χ3v) is 4.42. The zero-order valence-corrected chi connectivity index (χ0v) is 10.2. The second-order valence-corrected chi connectivity index (χ2v) is 5.79. The summed E-state index contributed by atoms with van der Waals surface area (Å²) in [6.45, 7) is 0. The fourth-order valence-corrected chi connectivity index (χ4v) is 3.28. The lowest BCUT2D eigenvalue weighted by Gasteiger charge is -2.21. The van der Waals surface area contributed by atoms with Gasteiger partial charge < -0.3 is 5.11 Å². The van der Waals surface area contributed by atoms with Gasteiger partial charge in [0.25, 0.3) is 0 Å². The van der Waals surface area contributed by atoms with Crippen molar-refractivity contribution in [3.63, 3.8) is 0 Å². The van der Waals surface area contributed by atoms with Gasteiger partial charge in [0.2, 0.25) is 0 Å². The molecule has 2 aliphatic rings. The van der Waals surface area contributed by atoms with Crippen LogP contribution in [0.1, 0.15) is 64.2 Å². The van der Waals surface area contributed by atoms with Crippen LogP contribution < -0.4 is 0 Å². The van der Waals surface area contributed by atoms with Gasteiger partial charge in [0.05, 0.1) is 0 Å². The van der Waals surface area contributed by atoms with Gasteiger partial charge in [-0.05, 0) is 24.2 Å². The molecule has 0 aliphatic heterocycles. The van der Waals surface area contributed by atoms with Crippen molar-refractivity contribution >= 4 is 5.97 Å². The minimum Gasteiger partial charge on any atom is -0.481 e. The molecule has 0 saturated heterocycles. The van der Waals surface area contributed by atoms with Gasteiger partial charge in [-0.15, -0.1) is 0 Å². The largest absolute Gasteiger partial charge is 0.481 e. The Hall–Kier alpha value is -0.530. The summed E-state index contributed by atoms with van der Waals surface area (Å²) in [7, 11) is 0. The molecule has 0 aromatic carbocycles. The summed E-state index contributed by atoms with van der Waals surface area (Å²) < 4.78 is 0. The maximum absolute atomic E-state index is 10.5. The van der Waals surface area contributed by atoms with Crippen LogP contribution in [0.5, 0.6) is 0 Å². The second-order valence-electron chi connectivity index (χ2n) is 5.79. The molecule has 92 valence electrons. The van der Waals surface area contributed by atoms with Crippen molar-refractivity contribution in [2.75, 3.05) is 0 Å². The van der Waals surface area contributed by atoms with E-state index < -0.39 is 5.97 Å². The van der Waals surface area contributed by atoms with E-state index in [1.165, 1.54) is 57.8 Å². The number of carboxylic acid groups (broad SMARTS) is 1. The van der Waals surface area contributed by atoms with E-state index in [2.05, 4.69) is 0 Å². The van der Waals surface area contributed by atoms with Crippen molar-refractivity contribution in [3.05, 3.63) is 0 Å². The van der Waals surface area contributed by atoms with E-state index in [1.54, 1.807) is 0 Å². The smallest absolute Gasteiger partial charge is 0.303 e. The van der Waals surface area contributed by atoms with Crippen molar-refractivity contribution in [1.82, 2.24) is 0 Å². The lowest BCUT2D eigenvalue weighted by Crippen LogP contribution is -2.06. The Labute approximate surface area is 98.4 Å². The quantitative estimate of drug-likeness (QED) is 0.744. The van der Waals surface area contributed by atoms with Gasteiger partial charge in [0.1, 0.15) is 0 Å². The third kappa shape index (κ3) is 3.80. The van der Waals surface area contributed by atoms with Gasteiger partial charge in [0.15, 0.2) is 0 Å².